The number of hydrogen-bond donors (Lipinski definition) is 1. The molecule has 0 unspecified atom stereocenters. The molecule has 0 aliphatic rings. The van der Waals surface area contributed by atoms with Crippen LogP contribution in [0.25, 0.3) is 0 Å². The Kier molecular flexibility index (Phi) is 4.61. The summed E-state index contributed by atoms with van der Waals surface area (Å²) in [5, 5.41) is 3.38. The number of anilines is 2. The van der Waals surface area contributed by atoms with Crippen LogP contribution in [-0.4, -0.2) is 23.3 Å². The van der Waals surface area contributed by atoms with Crippen LogP contribution in [0.2, 0.25) is 0 Å². The van der Waals surface area contributed by atoms with Crippen LogP contribution >= 0.6 is 15.9 Å². The lowest BCUT2D eigenvalue weighted by atomic mass is 10.2. The molecule has 19 heavy (non-hydrogen) atoms. The van der Waals surface area contributed by atoms with Crippen LogP contribution in [0.5, 0.6) is 0 Å². The van der Waals surface area contributed by atoms with Gasteiger partial charge in [0.25, 0.3) is 0 Å². The third kappa shape index (κ3) is 3.36. The maximum atomic E-state index is 5.12. The van der Waals surface area contributed by atoms with E-state index in [-0.39, 0.29) is 0 Å². The Hall–Kier alpha value is -1.33. The highest BCUT2D eigenvalue weighted by molar-refractivity contribution is 9.10. The van der Waals surface area contributed by atoms with E-state index in [0.29, 0.717) is 6.61 Å². The van der Waals surface area contributed by atoms with Gasteiger partial charge in [0.2, 0.25) is 5.95 Å². The van der Waals surface area contributed by atoms with Crippen LogP contribution in [0.3, 0.4) is 0 Å². The Morgan fingerprint density at radius 2 is 2.16 bits per heavy atom. The Morgan fingerprint density at radius 1 is 1.37 bits per heavy atom. The highest BCUT2D eigenvalue weighted by Crippen LogP contribution is 2.26. The number of halogens is 1. The fourth-order valence-electron chi connectivity index (χ4n) is 1.87. The second-order valence-corrected chi connectivity index (χ2v) is 5.28. The van der Waals surface area contributed by atoms with Crippen LogP contribution in [0.15, 0.2) is 28.9 Å². The van der Waals surface area contributed by atoms with Crippen molar-refractivity contribution in [3.8, 4) is 0 Å². The summed E-state index contributed by atoms with van der Waals surface area (Å²) < 4.78 is 8.28. The average Bonchev–Trinajstić information content (AvgIpc) is 2.73. The summed E-state index contributed by atoms with van der Waals surface area (Å²) in [6, 6.07) is 6.09. The summed E-state index contributed by atoms with van der Waals surface area (Å²) in [5.41, 5.74) is 3.21. The molecule has 0 saturated carbocycles. The highest BCUT2D eigenvalue weighted by Gasteiger charge is 2.08. The molecular formula is C14H18BrN3O. The molecule has 1 heterocycles. The molecular weight excluding hydrogens is 306 g/mol. The minimum absolute atomic E-state index is 0.669. The van der Waals surface area contributed by atoms with Crippen molar-refractivity contribution in [3.05, 3.63) is 40.1 Å². The molecule has 1 aromatic carbocycles. The zero-order valence-corrected chi connectivity index (χ0v) is 13.0. The number of benzene rings is 1. The SMILES string of the molecule is COCCn1cc(C)nc1Nc1cccc(Br)c1C. The first-order valence-electron chi connectivity index (χ1n) is 6.16. The molecule has 0 radical (unpaired) electrons. The van der Waals surface area contributed by atoms with Crippen LogP contribution in [-0.2, 0) is 11.3 Å². The van der Waals surface area contributed by atoms with Gasteiger partial charge in [-0.15, -0.1) is 0 Å². The first-order chi connectivity index (χ1) is 9.11. The first-order valence-corrected chi connectivity index (χ1v) is 6.96. The van der Waals surface area contributed by atoms with Gasteiger partial charge in [0, 0.05) is 30.0 Å². The summed E-state index contributed by atoms with van der Waals surface area (Å²) >= 11 is 3.54. The van der Waals surface area contributed by atoms with Crippen LogP contribution in [0, 0.1) is 13.8 Å². The minimum atomic E-state index is 0.669. The van der Waals surface area contributed by atoms with Gasteiger partial charge in [0.05, 0.1) is 12.3 Å². The van der Waals surface area contributed by atoms with Crippen molar-refractivity contribution in [2.24, 2.45) is 0 Å². The van der Waals surface area contributed by atoms with Gasteiger partial charge < -0.3 is 14.6 Å². The van der Waals surface area contributed by atoms with E-state index in [2.05, 4.69) is 37.7 Å². The molecule has 102 valence electrons. The van der Waals surface area contributed by atoms with Crippen molar-refractivity contribution in [2.75, 3.05) is 19.0 Å². The molecule has 1 N–H and O–H groups in total. The van der Waals surface area contributed by atoms with E-state index in [1.165, 1.54) is 5.56 Å². The topological polar surface area (TPSA) is 39.1 Å². The van der Waals surface area contributed by atoms with Crippen molar-refractivity contribution in [1.29, 1.82) is 0 Å². The Bertz CT molecular complexity index is 566. The molecule has 5 heteroatoms. The van der Waals surface area contributed by atoms with E-state index in [1.54, 1.807) is 7.11 Å². The van der Waals surface area contributed by atoms with Crippen molar-refractivity contribution >= 4 is 27.6 Å². The van der Waals surface area contributed by atoms with Crippen LogP contribution in [0.4, 0.5) is 11.6 Å². The third-order valence-corrected chi connectivity index (χ3v) is 3.81. The van der Waals surface area contributed by atoms with E-state index >= 15 is 0 Å². The summed E-state index contributed by atoms with van der Waals surface area (Å²) in [6.45, 7) is 5.51. The number of rotatable bonds is 5. The maximum Gasteiger partial charge on any atom is 0.207 e. The van der Waals surface area contributed by atoms with Gasteiger partial charge in [0.1, 0.15) is 0 Å². The predicted octanol–water partition coefficient (Wildman–Crippen LogP) is 3.65. The van der Waals surface area contributed by atoms with Gasteiger partial charge >= 0.3 is 0 Å². The zero-order valence-electron chi connectivity index (χ0n) is 11.4. The normalized spacial score (nSPS) is 10.7. The molecule has 4 nitrogen and oxygen atoms in total. The van der Waals surface area contributed by atoms with Gasteiger partial charge in [-0.05, 0) is 31.5 Å². The molecule has 0 aliphatic heterocycles. The van der Waals surface area contributed by atoms with Crippen LogP contribution in [0.1, 0.15) is 11.3 Å². The molecule has 0 aliphatic carbocycles. The number of imidazole rings is 1. The average molecular weight is 324 g/mol. The monoisotopic (exact) mass is 323 g/mol. The smallest absolute Gasteiger partial charge is 0.207 e. The molecule has 0 amide bonds. The van der Waals surface area contributed by atoms with Gasteiger partial charge in [-0.1, -0.05) is 22.0 Å². The lowest BCUT2D eigenvalue weighted by molar-refractivity contribution is 0.188. The molecule has 0 bridgehead atoms. The number of hydrogen-bond acceptors (Lipinski definition) is 3. The minimum Gasteiger partial charge on any atom is -0.383 e. The van der Waals surface area contributed by atoms with Crippen molar-refractivity contribution in [3.63, 3.8) is 0 Å². The fraction of sp³-hybridized carbons (Fsp3) is 0.357. The molecule has 0 spiro atoms. The van der Waals surface area contributed by atoms with Crippen molar-refractivity contribution < 1.29 is 4.74 Å². The Morgan fingerprint density at radius 3 is 2.89 bits per heavy atom. The predicted molar refractivity (Wildman–Crippen MR) is 81.0 cm³/mol. The number of nitrogens with one attached hydrogen (secondary N) is 1. The molecule has 0 saturated heterocycles. The second kappa shape index (κ2) is 6.21. The van der Waals surface area contributed by atoms with E-state index in [0.717, 1.165) is 28.3 Å². The number of aryl methyl sites for hydroxylation is 1. The molecule has 0 atom stereocenters. The lowest BCUT2D eigenvalue weighted by Crippen LogP contribution is -2.07. The van der Waals surface area contributed by atoms with E-state index in [1.807, 2.05) is 31.3 Å². The molecule has 0 fully saturated rings. The highest BCUT2D eigenvalue weighted by atomic mass is 79.9. The van der Waals surface area contributed by atoms with Crippen LogP contribution < -0.4 is 5.32 Å². The van der Waals surface area contributed by atoms with Crippen molar-refractivity contribution in [1.82, 2.24) is 9.55 Å². The lowest BCUT2D eigenvalue weighted by Gasteiger charge is -2.12. The largest absolute Gasteiger partial charge is 0.383 e. The number of aromatic nitrogens is 2. The van der Waals surface area contributed by atoms with E-state index in [9.17, 15) is 0 Å². The van der Waals surface area contributed by atoms with Crippen molar-refractivity contribution in [2.45, 2.75) is 20.4 Å². The standard InChI is InChI=1S/C14H18BrN3O/c1-10-9-18(7-8-19-3)14(16-10)17-13-6-4-5-12(15)11(13)2/h4-6,9H,7-8H2,1-3H3,(H,16,17). The van der Waals surface area contributed by atoms with E-state index in [4.69, 9.17) is 4.74 Å². The Balaban J connectivity index is 2.25. The zero-order chi connectivity index (χ0) is 13.8. The van der Waals surface area contributed by atoms with E-state index < -0.39 is 0 Å². The number of ether oxygens (including phenoxy) is 1. The first kappa shape index (κ1) is 14.1. The third-order valence-electron chi connectivity index (χ3n) is 2.95. The summed E-state index contributed by atoms with van der Waals surface area (Å²) in [7, 11) is 1.70. The summed E-state index contributed by atoms with van der Waals surface area (Å²) in [6.07, 6.45) is 2.02. The van der Waals surface area contributed by atoms with Gasteiger partial charge in [-0.3, -0.25) is 0 Å². The summed E-state index contributed by atoms with van der Waals surface area (Å²) in [4.78, 5) is 4.51. The van der Waals surface area contributed by atoms with Gasteiger partial charge in [-0.2, -0.15) is 0 Å². The maximum absolute atomic E-state index is 5.12. The molecule has 2 rings (SSSR count). The number of methoxy groups -OCH3 is 1. The summed E-state index contributed by atoms with van der Waals surface area (Å²) in [5.74, 6) is 0.843. The fourth-order valence-corrected chi connectivity index (χ4v) is 2.24. The van der Waals surface area contributed by atoms with Gasteiger partial charge in [0.15, 0.2) is 0 Å². The second-order valence-electron chi connectivity index (χ2n) is 4.43. The quantitative estimate of drug-likeness (QED) is 0.912. The Labute approximate surface area is 121 Å². The number of nitrogens with zero attached hydrogens (tertiary/aromatic N) is 2. The molecule has 2 aromatic rings. The van der Waals surface area contributed by atoms with Gasteiger partial charge in [-0.25, -0.2) is 4.98 Å². The molecule has 1 aromatic heterocycles.